The molecule has 268 valence electrons. The van der Waals surface area contributed by atoms with Gasteiger partial charge in [-0.3, -0.25) is 17.9 Å². The van der Waals surface area contributed by atoms with Crippen LogP contribution in [0.5, 0.6) is 0 Å². The van der Waals surface area contributed by atoms with Crippen LogP contribution in [-0.4, -0.2) is 81.9 Å². The van der Waals surface area contributed by atoms with Crippen molar-refractivity contribution in [1.29, 1.82) is 0 Å². The molecule has 6 aromatic rings. The highest BCUT2D eigenvalue weighted by Crippen LogP contribution is 2.55. The number of hydrogen-bond acceptors (Lipinski definition) is 4. The molecule has 53 heavy (non-hydrogen) atoms. The predicted molar refractivity (Wildman–Crippen MR) is 235 cm³/mol. The van der Waals surface area contributed by atoms with E-state index in [0.717, 1.165) is 39.3 Å². The molecule has 3 aliphatic rings. The van der Waals surface area contributed by atoms with Crippen molar-refractivity contribution in [3.8, 4) is 0 Å². The number of hydrogen-bond donors (Lipinski definition) is 0. The molecule has 0 saturated carbocycles. The molecular weight excluding hydrogens is 712 g/mol. The molecule has 0 unspecified atom stereocenters. The highest BCUT2D eigenvalue weighted by atomic mass is 31.2. The van der Waals surface area contributed by atoms with Gasteiger partial charge in [0.15, 0.2) is 24.7 Å². The van der Waals surface area contributed by atoms with E-state index in [-0.39, 0.29) is 0 Å². The molecule has 3 aliphatic heterocycles. The van der Waals surface area contributed by atoms with E-state index < -0.39 is 33.1 Å². The summed E-state index contributed by atoms with van der Waals surface area (Å²) in [5, 5.41) is 8.90. The Balaban J connectivity index is 1.47. The maximum atomic E-state index is 3.13. The molecule has 0 aliphatic carbocycles. The van der Waals surface area contributed by atoms with Crippen LogP contribution in [0.3, 0.4) is 0 Å². The third kappa shape index (κ3) is 6.58. The Labute approximate surface area is 321 Å². The molecule has 0 radical (unpaired) electrons. The molecule has 0 amide bonds. The molecule has 3 heterocycles. The van der Waals surface area contributed by atoms with E-state index in [0.29, 0.717) is 0 Å². The second kappa shape index (κ2) is 15.5. The van der Waals surface area contributed by atoms with Crippen LogP contribution < -0.4 is 31.1 Å². The molecule has 0 N–H and O–H groups in total. The minimum Gasteiger partial charge on any atom is -0.300 e. The molecule has 3 fully saturated rings. The lowest BCUT2D eigenvalue weighted by Gasteiger charge is -2.61. The van der Waals surface area contributed by atoms with Gasteiger partial charge in [0, 0.05) is 39.3 Å². The Hall–Kier alpha value is -3.76. The third-order valence-electron chi connectivity index (χ3n) is 12.1. The molecule has 0 spiro atoms. The molecule has 0 aromatic heterocycles. The molecule has 2 bridgehead atoms. The van der Waals surface area contributed by atoms with Crippen LogP contribution in [-0.2, 0) is 0 Å². The van der Waals surface area contributed by atoms with Gasteiger partial charge < -0.3 is 0 Å². The molecule has 9 rings (SSSR count). The van der Waals surface area contributed by atoms with Crippen molar-refractivity contribution in [2.24, 2.45) is 0 Å². The summed E-state index contributed by atoms with van der Waals surface area (Å²) in [4.78, 5) is 2.79. The van der Waals surface area contributed by atoms with Crippen molar-refractivity contribution >= 4 is 64.2 Å². The zero-order valence-corrected chi connectivity index (χ0v) is 35.2. The van der Waals surface area contributed by atoms with Crippen molar-refractivity contribution in [2.75, 3.05) is 39.3 Å². The van der Waals surface area contributed by atoms with E-state index in [1.807, 2.05) is 0 Å². The fourth-order valence-electron chi connectivity index (χ4n) is 8.88. The quantitative estimate of drug-likeness (QED) is 0.140. The van der Waals surface area contributed by atoms with Gasteiger partial charge in [-0.05, 0) is 50.8 Å². The zero-order valence-electron chi connectivity index (χ0n) is 31.3. The Kier molecular flexibility index (Phi) is 10.6. The second-order valence-corrected chi connectivity index (χ2v) is 29.5. The number of benzene rings is 6. The van der Waals surface area contributed by atoms with E-state index in [1.165, 1.54) is 31.1 Å². The van der Waals surface area contributed by atoms with Crippen LogP contribution in [0.4, 0.5) is 0 Å². The van der Waals surface area contributed by atoms with Gasteiger partial charge in [0.1, 0.15) is 8.37 Å². The van der Waals surface area contributed by atoms with Crippen molar-refractivity contribution < 1.29 is 0 Å². The smallest absolute Gasteiger partial charge is 0.195 e. The van der Waals surface area contributed by atoms with Crippen LogP contribution in [0.2, 0.25) is 19.6 Å². The standard InChI is InChI=1S/C45H51N4PSi3/c1-51(40-22-10-4-11-23-40,41-24-12-5-13-25-41)47-37-34-46-35-38-48(52(2,42-26-14-6-15-27-42)43-28-16-7-17-29-43)50(47)49(39-36-46)53(3,44-30-18-8-19-31-44)45-32-20-9-21-33-45/h4-33H,34-39H2,1-3H3. The SMILES string of the molecule is C[Si](c1ccccc1)(c1ccccc1)N1CCN2CCN([Si](C)(c3ccccc3)c3ccccc3)P1N([Si](C)(c1ccccc1)c1ccccc1)CC2. The number of rotatable bonds is 9. The van der Waals surface area contributed by atoms with Gasteiger partial charge in [-0.15, -0.1) is 0 Å². The fourth-order valence-corrected chi connectivity index (χ4v) is 29.1. The van der Waals surface area contributed by atoms with Gasteiger partial charge in [-0.2, -0.15) is 0 Å². The lowest BCUT2D eigenvalue weighted by Crippen LogP contribution is -2.78. The largest absolute Gasteiger partial charge is 0.300 e. The van der Waals surface area contributed by atoms with Crippen molar-refractivity contribution in [2.45, 2.75) is 19.6 Å². The first kappa shape index (κ1) is 36.2. The van der Waals surface area contributed by atoms with Gasteiger partial charge in [-0.1, -0.05) is 182 Å². The van der Waals surface area contributed by atoms with E-state index in [4.69, 9.17) is 0 Å². The Morgan fingerprint density at radius 2 is 0.491 bits per heavy atom. The highest BCUT2D eigenvalue weighted by Gasteiger charge is 2.57. The Bertz CT molecular complexity index is 1700. The summed E-state index contributed by atoms with van der Waals surface area (Å²) in [7, 11) is -8.77. The first-order chi connectivity index (χ1) is 25.9. The minimum absolute atomic E-state index is 1.01. The van der Waals surface area contributed by atoms with Gasteiger partial charge in [-0.25, -0.2) is 0 Å². The van der Waals surface area contributed by atoms with Crippen LogP contribution in [0.1, 0.15) is 0 Å². The van der Waals surface area contributed by atoms with Crippen LogP contribution in [0.25, 0.3) is 0 Å². The first-order valence-electron chi connectivity index (χ1n) is 19.1. The molecule has 4 nitrogen and oxygen atoms in total. The maximum Gasteiger partial charge on any atom is 0.195 e. The molecule has 0 atom stereocenters. The first-order valence-corrected chi connectivity index (χ1v) is 27.7. The fraction of sp³-hybridized carbons (Fsp3) is 0.200. The number of fused-ring (bicyclic) bond motifs is 6. The van der Waals surface area contributed by atoms with Crippen molar-refractivity contribution in [1.82, 2.24) is 17.9 Å². The highest BCUT2D eigenvalue weighted by molar-refractivity contribution is 7.59. The summed E-state index contributed by atoms with van der Waals surface area (Å²) in [6, 6.07) is 69.5. The summed E-state index contributed by atoms with van der Waals surface area (Å²) in [6.45, 7) is 14.3. The van der Waals surface area contributed by atoms with Crippen LogP contribution in [0, 0.1) is 0 Å². The van der Waals surface area contributed by atoms with Gasteiger partial charge >= 0.3 is 0 Å². The summed E-state index contributed by atoms with van der Waals surface area (Å²) in [6.07, 6.45) is 0. The van der Waals surface area contributed by atoms with Gasteiger partial charge in [0.25, 0.3) is 0 Å². The second-order valence-electron chi connectivity index (χ2n) is 14.9. The van der Waals surface area contributed by atoms with Crippen molar-refractivity contribution in [3.63, 3.8) is 0 Å². The normalized spacial score (nSPS) is 19.3. The lowest BCUT2D eigenvalue weighted by atomic mass is 10.4. The monoisotopic (exact) mass is 762 g/mol. The summed E-state index contributed by atoms with van der Waals surface area (Å²) in [5.74, 6) is 0. The molecule has 8 heteroatoms. The summed E-state index contributed by atoms with van der Waals surface area (Å²) in [5.41, 5.74) is 0. The summed E-state index contributed by atoms with van der Waals surface area (Å²) < 4.78 is 9.39. The third-order valence-corrected chi connectivity index (χ3v) is 31.7. The maximum absolute atomic E-state index is 3.13. The molecule has 3 saturated heterocycles. The van der Waals surface area contributed by atoms with E-state index in [1.54, 1.807) is 0 Å². The van der Waals surface area contributed by atoms with Gasteiger partial charge in [0.2, 0.25) is 0 Å². The van der Waals surface area contributed by atoms with Crippen molar-refractivity contribution in [3.05, 3.63) is 182 Å². The van der Waals surface area contributed by atoms with Crippen LogP contribution >= 0.6 is 8.37 Å². The zero-order chi connectivity index (χ0) is 36.3. The van der Waals surface area contributed by atoms with Crippen LogP contribution in [0.15, 0.2) is 182 Å². The lowest BCUT2D eigenvalue weighted by molar-refractivity contribution is 0.223. The molecular formula is C45H51N4PSi3. The van der Waals surface area contributed by atoms with Gasteiger partial charge in [0.05, 0.1) is 0 Å². The average Bonchev–Trinajstić information content (AvgIpc) is 3.22. The van der Waals surface area contributed by atoms with E-state index in [9.17, 15) is 0 Å². The van der Waals surface area contributed by atoms with E-state index >= 15 is 0 Å². The van der Waals surface area contributed by atoms with E-state index in [2.05, 4.69) is 220 Å². The average molecular weight is 763 g/mol. The summed E-state index contributed by atoms with van der Waals surface area (Å²) >= 11 is 0. The molecule has 6 aromatic carbocycles. The minimum atomic E-state index is -2.58. The predicted octanol–water partition coefficient (Wildman–Crippen LogP) is 5.62. The number of nitrogens with zero attached hydrogens (tertiary/aromatic N) is 4. The topological polar surface area (TPSA) is 13.0 Å². The Morgan fingerprint density at radius 3 is 0.679 bits per heavy atom. The Morgan fingerprint density at radius 1 is 0.302 bits per heavy atom.